The van der Waals surface area contributed by atoms with Crippen molar-refractivity contribution < 1.29 is 13.5 Å². The highest BCUT2D eigenvalue weighted by Crippen LogP contribution is 2.16. The topological polar surface area (TPSA) is 33.3 Å². The molecule has 0 radical (unpaired) electrons. The molecule has 1 aromatic rings. The number of methoxy groups -OCH3 is 1. The van der Waals surface area contributed by atoms with Gasteiger partial charge < -0.3 is 15.4 Å². The first kappa shape index (κ1) is 16.0. The zero-order chi connectivity index (χ0) is 14.3. The van der Waals surface area contributed by atoms with Crippen LogP contribution in [-0.4, -0.2) is 32.8 Å². The highest BCUT2D eigenvalue weighted by atomic mass is 19.1. The number of hydrogen-bond donors (Lipinski definition) is 2. The van der Waals surface area contributed by atoms with Gasteiger partial charge in [0.05, 0.1) is 6.61 Å². The lowest BCUT2D eigenvalue weighted by Gasteiger charge is -2.15. The maximum atomic E-state index is 13.8. The molecule has 0 heterocycles. The Hall–Kier alpha value is -1.04. The largest absolute Gasteiger partial charge is 0.383 e. The molecule has 108 valence electrons. The first-order valence-electron chi connectivity index (χ1n) is 6.42. The van der Waals surface area contributed by atoms with Gasteiger partial charge in [0.25, 0.3) is 0 Å². The fraction of sp³-hybridized carbons (Fsp3) is 0.571. The van der Waals surface area contributed by atoms with Crippen LogP contribution in [0.15, 0.2) is 12.1 Å². The van der Waals surface area contributed by atoms with Gasteiger partial charge in [-0.15, -0.1) is 0 Å². The zero-order valence-corrected chi connectivity index (χ0v) is 11.7. The number of nitrogens with one attached hydrogen (secondary N) is 2. The van der Waals surface area contributed by atoms with Gasteiger partial charge in [-0.05, 0) is 25.5 Å². The number of hydrogen-bond acceptors (Lipinski definition) is 3. The molecule has 0 aliphatic rings. The van der Waals surface area contributed by atoms with Crippen LogP contribution in [-0.2, 0) is 11.3 Å². The molecule has 0 aromatic heterocycles. The Balaban J connectivity index is 2.42. The van der Waals surface area contributed by atoms with Gasteiger partial charge in [-0.2, -0.15) is 0 Å². The Morgan fingerprint density at radius 2 is 2.05 bits per heavy atom. The summed E-state index contributed by atoms with van der Waals surface area (Å²) in [4.78, 5) is 0. The molecule has 0 fully saturated rings. The van der Waals surface area contributed by atoms with E-state index in [0.717, 1.165) is 13.1 Å². The third kappa shape index (κ3) is 5.22. The van der Waals surface area contributed by atoms with Gasteiger partial charge in [0.1, 0.15) is 11.6 Å². The maximum absolute atomic E-state index is 13.8. The van der Waals surface area contributed by atoms with E-state index in [9.17, 15) is 8.78 Å². The maximum Gasteiger partial charge on any atom is 0.133 e. The van der Waals surface area contributed by atoms with Crippen molar-refractivity contribution in [1.29, 1.82) is 0 Å². The summed E-state index contributed by atoms with van der Waals surface area (Å²) >= 11 is 0. The van der Waals surface area contributed by atoms with Crippen molar-refractivity contribution in [3.63, 3.8) is 0 Å². The summed E-state index contributed by atoms with van der Waals surface area (Å²) in [5.74, 6) is -0.970. The lowest BCUT2D eigenvalue weighted by molar-refractivity contribution is 0.198. The van der Waals surface area contributed by atoms with Crippen LogP contribution in [0, 0.1) is 18.6 Å². The molecule has 19 heavy (non-hydrogen) atoms. The van der Waals surface area contributed by atoms with Gasteiger partial charge in [0.2, 0.25) is 0 Å². The van der Waals surface area contributed by atoms with Crippen molar-refractivity contribution in [2.24, 2.45) is 0 Å². The fourth-order valence-corrected chi connectivity index (χ4v) is 1.72. The van der Waals surface area contributed by atoms with E-state index in [2.05, 4.69) is 10.6 Å². The van der Waals surface area contributed by atoms with Crippen LogP contribution in [0.5, 0.6) is 0 Å². The summed E-state index contributed by atoms with van der Waals surface area (Å²) in [7, 11) is 1.65. The van der Waals surface area contributed by atoms with Crippen LogP contribution in [0.2, 0.25) is 0 Å². The molecule has 0 amide bonds. The summed E-state index contributed by atoms with van der Waals surface area (Å²) in [5, 5.41) is 6.29. The number of rotatable bonds is 8. The quantitative estimate of drug-likeness (QED) is 0.710. The smallest absolute Gasteiger partial charge is 0.133 e. The van der Waals surface area contributed by atoms with Crippen molar-refractivity contribution >= 4 is 0 Å². The summed E-state index contributed by atoms with van der Waals surface area (Å²) in [5.41, 5.74) is 0.563. The zero-order valence-electron chi connectivity index (χ0n) is 11.7. The van der Waals surface area contributed by atoms with Gasteiger partial charge in [-0.1, -0.05) is 6.07 Å². The molecule has 0 aliphatic heterocycles. The molecule has 0 saturated carbocycles. The van der Waals surface area contributed by atoms with Crippen molar-refractivity contribution in [3.05, 3.63) is 34.9 Å². The van der Waals surface area contributed by atoms with E-state index in [4.69, 9.17) is 4.74 Å². The molecule has 0 bridgehead atoms. The highest BCUT2D eigenvalue weighted by molar-refractivity contribution is 5.26. The van der Waals surface area contributed by atoms with Crippen molar-refractivity contribution in [3.8, 4) is 0 Å². The van der Waals surface area contributed by atoms with Crippen LogP contribution in [0.4, 0.5) is 8.78 Å². The van der Waals surface area contributed by atoms with Crippen LogP contribution < -0.4 is 10.6 Å². The minimum absolute atomic E-state index is 0.101. The highest BCUT2D eigenvalue weighted by Gasteiger charge is 2.12. The third-order valence-corrected chi connectivity index (χ3v) is 2.94. The summed E-state index contributed by atoms with van der Waals surface area (Å²) in [6.07, 6.45) is 0. The molecule has 0 spiro atoms. The Bertz CT molecular complexity index is 399. The Morgan fingerprint density at radius 1 is 1.32 bits per heavy atom. The minimum Gasteiger partial charge on any atom is -0.383 e. The Morgan fingerprint density at radius 3 is 2.74 bits per heavy atom. The molecule has 5 heteroatoms. The standard InChI is InChI=1S/C14H22F2N2O/c1-10-4-5-13(15)12(14(10)16)9-18-11(2)8-17-6-7-19-3/h4-5,11,17-18H,6-9H2,1-3H3. The normalized spacial score (nSPS) is 12.7. The lowest BCUT2D eigenvalue weighted by atomic mass is 10.1. The van der Waals surface area contributed by atoms with E-state index in [-0.39, 0.29) is 18.2 Å². The van der Waals surface area contributed by atoms with Gasteiger partial charge in [0.15, 0.2) is 0 Å². The average Bonchev–Trinajstić information content (AvgIpc) is 2.39. The van der Waals surface area contributed by atoms with Gasteiger partial charge in [-0.3, -0.25) is 0 Å². The van der Waals surface area contributed by atoms with Crippen molar-refractivity contribution in [1.82, 2.24) is 10.6 Å². The SMILES string of the molecule is COCCNCC(C)NCc1c(F)ccc(C)c1F. The van der Waals surface area contributed by atoms with Gasteiger partial charge in [0, 0.05) is 38.3 Å². The molecule has 1 rings (SSSR count). The van der Waals surface area contributed by atoms with Gasteiger partial charge >= 0.3 is 0 Å². The van der Waals surface area contributed by atoms with Crippen LogP contribution in [0.1, 0.15) is 18.1 Å². The number of aryl methyl sites for hydroxylation is 1. The van der Waals surface area contributed by atoms with E-state index in [1.807, 2.05) is 6.92 Å². The van der Waals surface area contributed by atoms with Crippen molar-refractivity contribution in [2.45, 2.75) is 26.4 Å². The Kier molecular flexibility index (Phi) is 6.91. The van der Waals surface area contributed by atoms with E-state index in [1.54, 1.807) is 14.0 Å². The average molecular weight is 272 g/mol. The van der Waals surface area contributed by atoms with E-state index in [0.29, 0.717) is 12.2 Å². The monoisotopic (exact) mass is 272 g/mol. The minimum atomic E-state index is -0.504. The molecular formula is C14H22F2N2O. The molecule has 2 N–H and O–H groups in total. The number of benzene rings is 1. The first-order valence-corrected chi connectivity index (χ1v) is 6.42. The summed E-state index contributed by atoms with van der Waals surface area (Å²) < 4.78 is 32.2. The predicted molar refractivity (Wildman–Crippen MR) is 72.1 cm³/mol. The second kappa shape index (κ2) is 8.19. The number of ether oxygens (including phenoxy) is 1. The lowest BCUT2D eigenvalue weighted by Crippen LogP contribution is -2.37. The first-order chi connectivity index (χ1) is 9.06. The summed E-state index contributed by atoms with van der Waals surface area (Å²) in [6.45, 7) is 5.91. The van der Waals surface area contributed by atoms with Crippen LogP contribution in [0.25, 0.3) is 0 Å². The van der Waals surface area contributed by atoms with E-state index >= 15 is 0 Å². The molecule has 0 aliphatic carbocycles. The van der Waals surface area contributed by atoms with Crippen LogP contribution >= 0.6 is 0 Å². The second-order valence-electron chi connectivity index (χ2n) is 4.64. The molecule has 1 aromatic carbocycles. The third-order valence-electron chi connectivity index (χ3n) is 2.94. The second-order valence-corrected chi connectivity index (χ2v) is 4.64. The molecule has 1 unspecified atom stereocenters. The predicted octanol–water partition coefficient (Wildman–Crippen LogP) is 1.99. The van der Waals surface area contributed by atoms with Crippen molar-refractivity contribution in [2.75, 3.05) is 26.8 Å². The van der Waals surface area contributed by atoms with Crippen LogP contribution in [0.3, 0.4) is 0 Å². The molecule has 3 nitrogen and oxygen atoms in total. The summed E-state index contributed by atoms with van der Waals surface area (Å²) in [6, 6.07) is 2.87. The molecular weight excluding hydrogens is 250 g/mol. The molecule has 0 saturated heterocycles. The van der Waals surface area contributed by atoms with E-state index in [1.165, 1.54) is 12.1 Å². The fourth-order valence-electron chi connectivity index (χ4n) is 1.72. The van der Waals surface area contributed by atoms with E-state index < -0.39 is 11.6 Å². The molecule has 1 atom stereocenters. The Labute approximate surface area is 113 Å². The van der Waals surface area contributed by atoms with Gasteiger partial charge in [-0.25, -0.2) is 8.78 Å². The number of halogens is 2.